The molecule has 3 rings (SSSR count). The molecular formula is C16H27N5O2S2. The molecule has 140 valence electrons. The second-order valence-electron chi connectivity index (χ2n) is 7.11. The molecule has 0 radical (unpaired) electrons. The third-order valence-electron chi connectivity index (χ3n) is 4.80. The first-order valence-electron chi connectivity index (χ1n) is 8.99. The molecule has 1 aromatic heterocycles. The first-order valence-corrected chi connectivity index (χ1v) is 11.6. The zero-order chi connectivity index (χ0) is 17.9. The number of aliphatic imine (C=N–C) groups is 1. The molecule has 1 aliphatic heterocycles. The van der Waals surface area contributed by atoms with Crippen LogP contribution in [0.4, 0.5) is 0 Å². The van der Waals surface area contributed by atoms with Crippen LogP contribution in [0.25, 0.3) is 0 Å². The molecule has 2 fully saturated rings. The van der Waals surface area contributed by atoms with Crippen molar-refractivity contribution in [1.82, 2.24) is 20.8 Å². The molecule has 1 saturated heterocycles. The molecule has 0 bridgehead atoms. The first-order chi connectivity index (χ1) is 11.9. The van der Waals surface area contributed by atoms with E-state index in [1.807, 2.05) is 13.8 Å². The fourth-order valence-corrected chi connectivity index (χ4v) is 5.94. The van der Waals surface area contributed by atoms with Crippen molar-refractivity contribution in [1.29, 1.82) is 0 Å². The van der Waals surface area contributed by atoms with Crippen LogP contribution in [0.15, 0.2) is 4.99 Å². The lowest BCUT2D eigenvalue weighted by Gasteiger charge is -2.20. The molecule has 2 unspecified atom stereocenters. The molecular weight excluding hydrogens is 358 g/mol. The molecule has 0 aromatic carbocycles. The number of nitrogens with one attached hydrogen (secondary N) is 2. The van der Waals surface area contributed by atoms with Gasteiger partial charge in [0.25, 0.3) is 0 Å². The fourth-order valence-electron chi connectivity index (χ4n) is 3.39. The third-order valence-corrected chi connectivity index (χ3v) is 7.65. The van der Waals surface area contributed by atoms with Gasteiger partial charge in [-0.15, -0.1) is 10.2 Å². The summed E-state index contributed by atoms with van der Waals surface area (Å²) in [6.07, 6.45) is 5.53. The third kappa shape index (κ3) is 5.37. The topological polar surface area (TPSA) is 96.3 Å². The van der Waals surface area contributed by atoms with Crippen molar-refractivity contribution in [2.24, 2.45) is 10.9 Å². The van der Waals surface area contributed by atoms with E-state index in [4.69, 9.17) is 4.99 Å². The van der Waals surface area contributed by atoms with Crippen LogP contribution in [0.3, 0.4) is 0 Å². The Bertz CT molecular complexity index is 710. The van der Waals surface area contributed by atoms with Gasteiger partial charge in [0.15, 0.2) is 15.8 Å². The average Bonchev–Trinajstić information content (AvgIpc) is 3.27. The Morgan fingerprint density at radius 2 is 2.08 bits per heavy atom. The molecule has 0 amide bonds. The quantitative estimate of drug-likeness (QED) is 0.593. The molecule has 1 saturated carbocycles. The lowest BCUT2D eigenvalue weighted by molar-refractivity contribution is 0.570. The summed E-state index contributed by atoms with van der Waals surface area (Å²) in [5, 5.41) is 17.1. The van der Waals surface area contributed by atoms with Crippen molar-refractivity contribution < 1.29 is 8.42 Å². The molecule has 25 heavy (non-hydrogen) atoms. The van der Waals surface area contributed by atoms with Crippen molar-refractivity contribution in [2.75, 3.05) is 18.1 Å². The van der Waals surface area contributed by atoms with Gasteiger partial charge in [-0.25, -0.2) is 8.42 Å². The highest BCUT2D eigenvalue weighted by atomic mass is 32.2. The Balaban J connectivity index is 1.64. The Kier molecular flexibility index (Phi) is 5.93. The fraction of sp³-hybridized carbons (Fsp3) is 0.812. The van der Waals surface area contributed by atoms with Crippen LogP contribution in [-0.4, -0.2) is 48.7 Å². The van der Waals surface area contributed by atoms with Crippen molar-refractivity contribution in [2.45, 2.75) is 58.0 Å². The van der Waals surface area contributed by atoms with E-state index >= 15 is 0 Å². The van der Waals surface area contributed by atoms with Crippen molar-refractivity contribution in [3.05, 3.63) is 10.0 Å². The lowest BCUT2D eigenvalue weighted by atomic mass is 10.1. The Hall–Kier alpha value is -1.22. The largest absolute Gasteiger partial charge is 0.354 e. The van der Waals surface area contributed by atoms with Gasteiger partial charge in [-0.2, -0.15) is 0 Å². The van der Waals surface area contributed by atoms with E-state index in [9.17, 15) is 8.42 Å². The maximum Gasteiger partial charge on any atom is 0.192 e. The summed E-state index contributed by atoms with van der Waals surface area (Å²) in [5.41, 5.74) is 0. The molecule has 0 spiro atoms. The average molecular weight is 386 g/mol. The number of hydrogen-bond acceptors (Lipinski definition) is 6. The van der Waals surface area contributed by atoms with Crippen LogP contribution >= 0.6 is 11.3 Å². The summed E-state index contributed by atoms with van der Waals surface area (Å²) in [7, 11) is -2.86. The Labute approximate surface area is 153 Å². The van der Waals surface area contributed by atoms with Gasteiger partial charge in [0.05, 0.1) is 17.5 Å². The van der Waals surface area contributed by atoms with Gasteiger partial charge in [-0.1, -0.05) is 24.2 Å². The second kappa shape index (κ2) is 7.99. The van der Waals surface area contributed by atoms with Gasteiger partial charge < -0.3 is 10.6 Å². The van der Waals surface area contributed by atoms with Gasteiger partial charge >= 0.3 is 0 Å². The first kappa shape index (κ1) is 18.6. The number of guanidine groups is 1. The van der Waals surface area contributed by atoms with Crippen LogP contribution in [0, 0.1) is 12.8 Å². The van der Waals surface area contributed by atoms with E-state index in [0.29, 0.717) is 24.8 Å². The smallest absolute Gasteiger partial charge is 0.192 e. The van der Waals surface area contributed by atoms with E-state index in [1.165, 1.54) is 12.8 Å². The predicted molar refractivity (Wildman–Crippen MR) is 101 cm³/mol. The van der Waals surface area contributed by atoms with Crippen molar-refractivity contribution in [3.63, 3.8) is 0 Å². The number of sulfone groups is 1. The lowest BCUT2D eigenvalue weighted by Crippen LogP contribution is -2.43. The minimum Gasteiger partial charge on any atom is -0.354 e. The van der Waals surface area contributed by atoms with Crippen LogP contribution in [0.2, 0.25) is 0 Å². The highest BCUT2D eigenvalue weighted by Gasteiger charge is 2.28. The van der Waals surface area contributed by atoms with Crippen LogP contribution in [-0.2, 0) is 9.84 Å². The number of rotatable bonds is 5. The molecule has 1 aliphatic carbocycles. The molecule has 9 heteroatoms. The zero-order valence-corrected chi connectivity index (χ0v) is 16.5. The maximum absolute atomic E-state index is 11.6. The summed E-state index contributed by atoms with van der Waals surface area (Å²) >= 11 is 1.58. The molecule has 1 aromatic rings. The molecule has 2 N–H and O–H groups in total. The van der Waals surface area contributed by atoms with E-state index in [1.54, 1.807) is 11.3 Å². The number of hydrogen-bond donors (Lipinski definition) is 2. The molecule has 2 aliphatic rings. The standard InChI is InChI=1S/C16H27N5O2S2/c1-11(15-21-20-12(2)24-15)18-16(19-14-5-3-4-6-14)17-9-13-7-8-25(22,23)10-13/h11,13-14H,3-10H2,1-2H3,(H2,17,18,19). The van der Waals surface area contributed by atoms with Crippen LogP contribution < -0.4 is 10.6 Å². The van der Waals surface area contributed by atoms with Gasteiger partial charge in [0.2, 0.25) is 0 Å². The van der Waals surface area contributed by atoms with Crippen LogP contribution in [0.5, 0.6) is 0 Å². The summed E-state index contributed by atoms with van der Waals surface area (Å²) in [6, 6.07) is 0.466. The van der Waals surface area contributed by atoms with E-state index in [0.717, 1.165) is 28.8 Å². The molecule has 2 atom stereocenters. The Morgan fingerprint density at radius 1 is 1.32 bits per heavy atom. The van der Waals surface area contributed by atoms with Gasteiger partial charge in [-0.05, 0) is 39.0 Å². The zero-order valence-electron chi connectivity index (χ0n) is 14.9. The maximum atomic E-state index is 11.6. The summed E-state index contributed by atoms with van der Waals surface area (Å²) in [6.45, 7) is 4.54. The van der Waals surface area contributed by atoms with Gasteiger partial charge in [0, 0.05) is 12.6 Å². The second-order valence-corrected chi connectivity index (χ2v) is 10.6. The van der Waals surface area contributed by atoms with E-state index < -0.39 is 9.84 Å². The molecule has 2 heterocycles. The SMILES string of the molecule is Cc1nnc(C(C)NC(=NCC2CCS(=O)(=O)C2)NC2CCCC2)s1. The number of nitrogens with zero attached hydrogens (tertiary/aromatic N) is 3. The van der Waals surface area contributed by atoms with E-state index in [-0.39, 0.29) is 17.7 Å². The Morgan fingerprint density at radius 3 is 2.68 bits per heavy atom. The van der Waals surface area contributed by atoms with Crippen LogP contribution in [0.1, 0.15) is 55.1 Å². The van der Waals surface area contributed by atoms with Gasteiger partial charge in [-0.3, -0.25) is 4.99 Å². The van der Waals surface area contributed by atoms with E-state index in [2.05, 4.69) is 20.8 Å². The minimum absolute atomic E-state index is 0.0196. The predicted octanol–water partition coefficient (Wildman–Crippen LogP) is 1.82. The molecule has 7 nitrogen and oxygen atoms in total. The number of aromatic nitrogens is 2. The monoisotopic (exact) mass is 385 g/mol. The highest BCUT2D eigenvalue weighted by Crippen LogP contribution is 2.21. The summed E-state index contributed by atoms with van der Waals surface area (Å²) in [4.78, 5) is 4.69. The normalized spacial score (nSPS) is 25.2. The highest BCUT2D eigenvalue weighted by molar-refractivity contribution is 7.91. The van der Waals surface area contributed by atoms with Crippen molar-refractivity contribution in [3.8, 4) is 0 Å². The summed E-state index contributed by atoms with van der Waals surface area (Å²) in [5.74, 6) is 1.45. The summed E-state index contributed by atoms with van der Waals surface area (Å²) < 4.78 is 23.3. The minimum atomic E-state index is -2.86. The van der Waals surface area contributed by atoms with Crippen molar-refractivity contribution >= 4 is 27.1 Å². The number of aryl methyl sites for hydroxylation is 1. The van der Waals surface area contributed by atoms with Gasteiger partial charge in [0.1, 0.15) is 10.0 Å².